The molecule has 0 unspecified atom stereocenters. The van der Waals surface area contributed by atoms with Crippen LogP contribution in [-0.2, 0) is 9.59 Å². The molecule has 2 heterocycles. The minimum absolute atomic E-state index is 0.160. The lowest BCUT2D eigenvalue weighted by Gasteiger charge is -2.25. The van der Waals surface area contributed by atoms with Gasteiger partial charge >= 0.3 is 0 Å². The molecular weight excluding hydrogens is 497 g/mol. The average molecular weight is 511 g/mol. The summed E-state index contributed by atoms with van der Waals surface area (Å²) in [6, 6.07) is 9.87. The number of hydrogen-bond donors (Lipinski definition) is 2. The molecule has 2 N–H and O–H groups in total. The van der Waals surface area contributed by atoms with E-state index in [9.17, 15) is 9.59 Å². The van der Waals surface area contributed by atoms with Crippen LogP contribution in [0.4, 0.5) is 11.6 Å². The zero-order valence-electron chi connectivity index (χ0n) is 15.2. The first kappa shape index (κ1) is 20.6. The van der Waals surface area contributed by atoms with Crippen LogP contribution in [0.2, 0.25) is 10.0 Å². The summed E-state index contributed by atoms with van der Waals surface area (Å²) in [6.45, 7) is -0.263. The van der Waals surface area contributed by atoms with E-state index < -0.39 is 11.9 Å². The van der Waals surface area contributed by atoms with Crippen molar-refractivity contribution in [2.24, 2.45) is 0 Å². The number of fused-ring (bicyclic) bond motifs is 1. The Labute approximate surface area is 189 Å². The molecule has 1 aromatic heterocycles. The van der Waals surface area contributed by atoms with Gasteiger partial charge in [-0.05, 0) is 30.3 Å². The summed E-state index contributed by atoms with van der Waals surface area (Å²) in [4.78, 5) is 28.5. The maximum Gasteiger partial charge on any atom is 0.262 e. The molecule has 1 aliphatic rings. The number of nitrogens with zero attached hydrogens (tertiary/aromatic N) is 3. The van der Waals surface area contributed by atoms with Gasteiger partial charge in [0.25, 0.3) is 5.91 Å². The fourth-order valence-corrected chi connectivity index (χ4v) is 3.81. The molecule has 0 fully saturated rings. The SMILES string of the molecule is O=C(COc1ccc(Br)cc1[C@H]1CC(=O)Nc2ncnn21)Nc1cccc(Cl)c1Cl. The molecule has 1 atom stereocenters. The van der Waals surface area contributed by atoms with Gasteiger partial charge in [0.1, 0.15) is 12.1 Å². The van der Waals surface area contributed by atoms with Gasteiger partial charge in [-0.2, -0.15) is 10.1 Å². The third-order valence-corrected chi connectivity index (χ3v) is 5.73. The number of anilines is 2. The van der Waals surface area contributed by atoms with Crippen molar-refractivity contribution >= 4 is 62.6 Å². The molecule has 3 aromatic rings. The van der Waals surface area contributed by atoms with Crippen LogP contribution in [0.1, 0.15) is 18.0 Å². The van der Waals surface area contributed by atoms with Crippen molar-refractivity contribution < 1.29 is 14.3 Å². The lowest BCUT2D eigenvalue weighted by molar-refractivity contribution is -0.118. The number of carbonyl (C=O) groups is 2. The Morgan fingerprint density at radius 1 is 1.33 bits per heavy atom. The number of amides is 2. The first-order valence-corrected chi connectivity index (χ1v) is 10.3. The highest BCUT2D eigenvalue weighted by Crippen LogP contribution is 2.36. The smallest absolute Gasteiger partial charge is 0.262 e. The first-order valence-electron chi connectivity index (χ1n) is 8.78. The van der Waals surface area contributed by atoms with Crippen LogP contribution in [0.5, 0.6) is 5.75 Å². The summed E-state index contributed by atoms with van der Waals surface area (Å²) < 4.78 is 8.19. The number of rotatable bonds is 5. The van der Waals surface area contributed by atoms with E-state index in [4.69, 9.17) is 27.9 Å². The van der Waals surface area contributed by atoms with Gasteiger partial charge in [-0.25, -0.2) is 4.68 Å². The lowest BCUT2D eigenvalue weighted by atomic mass is 10.0. The molecule has 0 radical (unpaired) electrons. The molecule has 2 aromatic carbocycles. The lowest BCUT2D eigenvalue weighted by Crippen LogP contribution is -2.30. The molecule has 0 saturated carbocycles. The standard InChI is InChI=1S/C19H14BrCl2N5O3/c20-10-4-5-15(30-8-17(29)25-13-3-1-2-12(21)18(13)22)11(6-10)14-7-16(28)26-19-23-9-24-27(14)19/h1-6,9,14H,7-8H2,(H,25,29)(H,23,24,26,28)/t14-/m1/s1. The minimum Gasteiger partial charge on any atom is -0.483 e. The topological polar surface area (TPSA) is 98.1 Å². The average Bonchev–Trinajstić information content (AvgIpc) is 3.18. The Morgan fingerprint density at radius 3 is 3.00 bits per heavy atom. The van der Waals surface area contributed by atoms with E-state index in [-0.39, 0.29) is 24.0 Å². The van der Waals surface area contributed by atoms with Gasteiger partial charge in [-0.15, -0.1) is 0 Å². The molecule has 4 rings (SSSR count). The van der Waals surface area contributed by atoms with Crippen molar-refractivity contribution in [1.29, 1.82) is 0 Å². The summed E-state index contributed by atoms with van der Waals surface area (Å²) in [5.41, 5.74) is 1.09. The molecule has 0 spiro atoms. The third-order valence-electron chi connectivity index (χ3n) is 4.41. The number of halogens is 3. The summed E-state index contributed by atoms with van der Waals surface area (Å²) >= 11 is 15.5. The van der Waals surface area contributed by atoms with Crippen LogP contribution in [-0.4, -0.2) is 33.2 Å². The Morgan fingerprint density at radius 2 is 2.17 bits per heavy atom. The zero-order valence-corrected chi connectivity index (χ0v) is 18.3. The fourth-order valence-electron chi connectivity index (χ4n) is 3.09. The highest BCUT2D eigenvalue weighted by atomic mass is 79.9. The summed E-state index contributed by atoms with van der Waals surface area (Å²) in [7, 11) is 0. The van der Waals surface area contributed by atoms with E-state index in [1.54, 1.807) is 35.0 Å². The first-order chi connectivity index (χ1) is 14.4. The molecule has 8 nitrogen and oxygen atoms in total. The van der Waals surface area contributed by atoms with Crippen LogP contribution >= 0.6 is 39.1 Å². The van der Waals surface area contributed by atoms with Crippen molar-refractivity contribution in [3.05, 3.63) is 62.8 Å². The Balaban J connectivity index is 1.54. The summed E-state index contributed by atoms with van der Waals surface area (Å²) in [6.07, 6.45) is 1.53. The van der Waals surface area contributed by atoms with E-state index in [2.05, 4.69) is 36.6 Å². The zero-order chi connectivity index (χ0) is 21.3. The highest BCUT2D eigenvalue weighted by molar-refractivity contribution is 9.10. The minimum atomic E-state index is -0.422. The van der Waals surface area contributed by atoms with Crippen LogP contribution in [0, 0.1) is 0 Å². The predicted molar refractivity (Wildman–Crippen MR) is 116 cm³/mol. The molecular formula is C19H14BrCl2N5O3. The van der Waals surface area contributed by atoms with Crippen molar-refractivity contribution in [3.8, 4) is 5.75 Å². The summed E-state index contributed by atoms with van der Waals surface area (Å²) in [5, 5.41) is 10.1. The third kappa shape index (κ3) is 4.28. The van der Waals surface area contributed by atoms with Crippen molar-refractivity contribution in [3.63, 3.8) is 0 Å². The Hall–Kier alpha value is -2.62. The van der Waals surface area contributed by atoms with Crippen molar-refractivity contribution in [1.82, 2.24) is 14.8 Å². The predicted octanol–water partition coefficient (Wildman–Crippen LogP) is 4.30. The highest BCUT2D eigenvalue weighted by Gasteiger charge is 2.30. The number of carbonyl (C=O) groups excluding carboxylic acids is 2. The molecule has 30 heavy (non-hydrogen) atoms. The molecule has 154 valence electrons. The number of nitrogens with one attached hydrogen (secondary N) is 2. The maximum atomic E-state index is 12.4. The van der Waals surface area contributed by atoms with Crippen molar-refractivity contribution in [2.45, 2.75) is 12.5 Å². The van der Waals surface area contributed by atoms with E-state index in [0.29, 0.717) is 28.0 Å². The van der Waals surface area contributed by atoms with Gasteiger partial charge in [0.05, 0.1) is 28.2 Å². The Bertz CT molecular complexity index is 1140. The number of hydrogen-bond acceptors (Lipinski definition) is 5. The summed E-state index contributed by atoms with van der Waals surface area (Å²) in [5.74, 6) is 0.220. The molecule has 0 aliphatic carbocycles. The Kier molecular flexibility index (Phi) is 5.94. The monoisotopic (exact) mass is 509 g/mol. The molecule has 0 bridgehead atoms. The van der Waals surface area contributed by atoms with E-state index in [1.165, 1.54) is 6.33 Å². The van der Waals surface area contributed by atoms with Crippen molar-refractivity contribution in [2.75, 3.05) is 17.2 Å². The van der Waals surface area contributed by atoms with Gasteiger partial charge in [-0.1, -0.05) is 45.2 Å². The van der Waals surface area contributed by atoms with Gasteiger partial charge in [0.2, 0.25) is 11.9 Å². The van der Waals surface area contributed by atoms with Crippen LogP contribution in [0.25, 0.3) is 0 Å². The van der Waals surface area contributed by atoms with E-state index in [1.807, 2.05) is 6.07 Å². The second-order valence-electron chi connectivity index (χ2n) is 6.42. The van der Waals surface area contributed by atoms with Gasteiger partial charge in [0.15, 0.2) is 6.61 Å². The van der Waals surface area contributed by atoms with E-state index in [0.717, 1.165) is 4.47 Å². The van der Waals surface area contributed by atoms with E-state index >= 15 is 0 Å². The second-order valence-corrected chi connectivity index (χ2v) is 8.12. The fraction of sp³-hybridized carbons (Fsp3) is 0.158. The van der Waals surface area contributed by atoms with Crippen LogP contribution < -0.4 is 15.4 Å². The quantitative estimate of drug-likeness (QED) is 0.533. The van der Waals surface area contributed by atoms with Gasteiger partial charge < -0.3 is 10.1 Å². The number of ether oxygens (including phenoxy) is 1. The van der Waals surface area contributed by atoms with Crippen LogP contribution in [0.15, 0.2) is 47.2 Å². The van der Waals surface area contributed by atoms with Gasteiger partial charge in [0, 0.05) is 10.0 Å². The molecule has 1 aliphatic heterocycles. The number of aromatic nitrogens is 3. The molecule has 2 amide bonds. The number of benzene rings is 2. The molecule has 11 heteroatoms. The largest absolute Gasteiger partial charge is 0.483 e. The molecule has 0 saturated heterocycles. The normalized spacial score (nSPS) is 15.3. The second kappa shape index (κ2) is 8.63. The van der Waals surface area contributed by atoms with Crippen LogP contribution in [0.3, 0.4) is 0 Å². The van der Waals surface area contributed by atoms with Gasteiger partial charge in [-0.3, -0.25) is 14.9 Å². The maximum absolute atomic E-state index is 12.4.